The first-order chi connectivity index (χ1) is 8.61. The summed E-state index contributed by atoms with van der Waals surface area (Å²) in [7, 11) is 0. The van der Waals surface area contributed by atoms with Crippen LogP contribution >= 0.6 is 0 Å². The Labute approximate surface area is 104 Å². The SMILES string of the molecule is CCCCc1ccc2[nH]c(C(F)F)cc(=O)c2c1. The molecule has 1 aromatic heterocycles. The summed E-state index contributed by atoms with van der Waals surface area (Å²) in [5.41, 5.74) is 0.865. The summed E-state index contributed by atoms with van der Waals surface area (Å²) in [6.07, 6.45) is 0.390. The van der Waals surface area contributed by atoms with Gasteiger partial charge in [-0.05, 0) is 30.5 Å². The van der Waals surface area contributed by atoms with E-state index in [4.69, 9.17) is 0 Å². The van der Waals surface area contributed by atoms with Gasteiger partial charge in [-0.15, -0.1) is 0 Å². The number of hydrogen-bond donors (Lipinski definition) is 1. The molecule has 0 aliphatic rings. The number of aromatic amines is 1. The number of benzene rings is 1. The molecule has 96 valence electrons. The first-order valence-corrected chi connectivity index (χ1v) is 6.06. The summed E-state index contributed by atoms with van der Waals surface area (Å²) in [5.74, 6) is 0. The molecular weight excluding hydrogens is 236 g/mol. The van der Waals surface area contributed by atoms with Gasteiger partial charge < -0.3 is 4.98 Å². The topological polar surface area (TPSA) is 32.9 Å². The number of nitrogens with one attached hydrogen (secondary N) is 1. The van der Waals surface area contributed by atoms with Gasteiger partial charge in [-0.25, -0.2) is 8.78 Å². The van der Waals surface area contributed by atoms with E-state index in [9.17, 15) is 13.6 Å². The maximum absolute atomic E-state index is 12.6. The lowest BCUT2D eigenvalue weighted by Crippen LogP contribution is -2.06. The van der Waals surface area contributed by atoms with Crippen molar-refractivity contribution in [3.05, 3.63) is 45.7 Å². The van der Waals surface area contributed by atoms with Crippen molar-refractivity contribution in [3.8, 4) is 0 Å². The van der Waals surface area contributed by atoms with E-state index in [2.05, 4.69) is 11.9 Å². The van der Waals surface area contributed by atoms with E-state index in [1.807, 2.05) is 6.07 Å². The molecule has 0 bridgehead atoms. The van der Waals surface area contributed by atoms with Crippen LogP contribution in [0.3, 0.4) is 0 Å². The van der Waals surface area contributed by atoms with Gasteiger partial charge in [0.25, 0.3) is 6.43 Å². The monoisotopic (exact) mass is 251 g/mol. The summed E-state index contributed by atoms with van der Waals surface area (Å²) in [6, 6.07) is 6.35. The Bertz CT molecular complexity index is 604. The molecular formula is C14H15F2NO. The Hall–Kier alpha value is -1.71. The highest BCUT2D eigenvalue weighted by molar-refractivity contribution is 5.79. The molecule has 2 nitrogen and oxygen atoms in total. The summed E-state index contributed by atoms with van der Waals surface area (Å²) < 4.78 is 25.1. The number of aryl methyl sites for hydroxylation is 1. The van der Waals surface area contributed by atoms with Gasteiger partial charge in [0.05, 0.1) is 5.69 Å². The summed E-state index contributed by atoms with van der Waals surface area (Å²) in [6.45, 7) is 2.10. The highest BCUT2D eigenvalue weighted by Gasteiger charge is 2.10. The minimum Gasteiger partial charge on any atom is -0.354 e. The molecule has 0 saturated heterocycles. The van der Waals surface area contributed by atoms with E-state index >= 15 is 0 Å². The number of rotatable bonds is 4. The number of fused-ring (bicyclic) bond motifs is 1. The zero-order valence-electron chi connectivity index (χ0n) is 10.2. The Morgan fingerprint density at radius 1 is 1.28 bits per heavy atom. The fourth-order valence-electron chi connectivity index (χ4n) is 1.97. The fraction of sp³-hybridized carbons (Fsp3) is 0.357. The molecule has 0 atom stereocenters. The fourth-order valence-corrected chi connectivity index (χ4v) is 1.97. The van der Waals surface area contributed by atoms with Gasteiger partial charge in [-0.2, -0.15) is 0 Å². The molecule has 0 aliphatic heterocycles. The first kappa shape index (κ1) is 12.7. The Kier molecular flexibility index (Phi) is 3.75. The maximum Gasteiger partial charge on any atom is 0.278 e. The van der Waals surface area contributed by atoms with Crippen molar-refractivity contribution in [2.75, 3.05) is 0 Å². The van der Waals surface area contributed by atoms with Crippen LogP contribution in [0.1, 0.15) is 37.4 Å². The van der Waals surface area contributed by atoms with Crippen molar-refractivity contribution in [1.82, 2.24) is 4.98 Å². The number of unbranched alkanes of at least 4 members (excludes halogenated alkanes) is 1. The summed E-state index contributed by atoms with van der Waals surface area (Å²) in [5, 5.41) is 0.480. The zero-order chi connectivity index (χ0) is 13.1. The average Bonchev–Trinajstić information content (AvgIpc) is 2.36. The molecule has 2 aromatic rings. The van der Waals surface area contributed by atoms with Crippen LogP contribution < -0.4 is 5.43 Å². The lowest BCUT2D eigenvalue weighted by Gasteiger charge is -2.05. The molecule has 1 N–H and O–H groups in total. The van der Waals surface area contributed by atoms with Crippen LogP contribution in [0.15, 0.2) is 29.1 Å². The van der Waals surface area contributed by atoms with Crippen molar-refractivity contribution in [3.63, 3.8) is 0 Å². The predicted octanol–water partition coefficient (Wildman–Crippen LogP) is 3.81. The standard InChI is InChI=1S/C14H15F2NO/c1-2-3-4-9-5-6-11-10(7-9)13(18)8-12(17-11)14(15)16/h5-8,14H,2-4H2,1H3,(H,17,18). The van der Waals surface area contributed by atoms with Crippen LogP contribution in [0.25, 0.3) is 10.9 Å². The quantitative estimate of drug-likeness (QED) is 0.880. The minimum absolute atomic E-state index is 0.325. The van der Waals surface area contributed by atoms with E-state index in [1.165, 1.54) is 0 Å². The maximum atomic E-state index is 12.6. The highest BCUT2D eigenvalue weighted by Crippen LogP contribution is 2.19. The largest absolute Gasteiger partial charge is 0.354 e. The molecule has 18 heavy (non-hydrogen) atoms. The number of alkyl halides is 2. The second kappa shape index (κ2) is 5.29. The molecule has 0 spiro atoms. The van der Waals surface area contributed by atoms with Gasteiger partial charge >= 0.3 is 0 Å². The number of aromatic nitrogens is 1. The smallest absolute Gasteiger partial charge is 0.278 e. The summed E-state index contributed by atoms with van der Waals surface area (Å²) >= 11 is 0. The van der Waals surface area contributed by atoms with Crippen LogP contribution in [0.5, 0.6) is 0 Å². The molecule has 1 heterocycles. The van der Waals surface area contributed by atoms with Crippen LogP contribution in [0, 0.1) is 0 Å². The van der Waals surface area contributed by atoms with Gasteiger partial charge in [-0.3, -0.25) is 4.79 Å². The van der Waals surface area contributed by atoms with Crippen LogP contribution in [0.4, 0.5) is 8.78 Å². The normalized spacial score (nSPS) is 11.3. The van der Waals surface area contributed by atoms with E-state index in [1.54, 1.807) is 12.1 Å². The second-order valence-corrected chi connectivity index (χ2v) is 4.37. The van der Waals surface area contributed by atoms with E-state index in [-0.39, 0.29) is 11.1 Å². The third-order valence-electron chi connectivity index (χ3n) is 2.97. The van der Waals surface area contributed by atoms with Gasteiger partial charge in [-0.1, -0.05) is 19.4 Å². The van der Waals surface area contributed by atoms with Gasteiger partial charge in [0.1, 0.15) is 0 Å². The van der Waals surface area contributed by atoms with Crippen LogP contribution in [0.2, 0.25) is 0 Å². The van der Waals surface area contributed by atoms with E-state index in [0.29, 0.717) is 10.9 Å². The molecule has 0 saturated carbocycles. The Morgan fingerprint density at radius 2 is 2.06 bits per heavy atom. The number of H-pyrrole nitrogens is 1. The summed E-state index contributed by atoms with van der Waals surface area (Å²) in [4.78, 5) is 14.4. The van der Waals surface area contributed by atoms with Crippen molar-refractivity contribution in [1.29, 1.82) is 0 Å². The zero-order valence-corrected chi connectivity index (χ0v) is 10.2. The second-order valence-electron chi connectivity index (χ2n) is 4.37. The molecule has 0 unspecified atom stereocenters. The molecule has 0 aliphatic carbocycles. The molecule has 0 radical (unpaired) electrons. The molecule has 0 amide bonds. The third kappa shape index (κ3) is 2.58. The van der Waals surface area contributed by atoms with Crippen molar-refractivity contribution >= 4 is 10.9 Å². The minimum atomic E-state index is -2.65. The van der Waals surface area contributed by atoms with Gasteiger partial charge in [0.2, 0.25) is 0 Å². The molecule has 2 rings (SSSR count). The molecule has 1 aromatic carbocycles. The van der Waals surface area contributed by atoms with Gasteiger partial charge in [0, 0.05) is 17.0 Å². The lowest BCUT2D eigenvalue weighted by atomic mass is 10.1. The van der Waals surface area contributed by atoms with Crippen molar-refractivity contribution < 1.29 is 8.78 Å². The van der Waals surface area contributed by atoms with Gasteiger partial charge in [0.15, 0.2) is 5.43 Å². The van der Waals surface area contributed by atoms with Crippen LogP contribution in [-0.2, 0) is 6.42 Å². The lowest BCUT2D eigenvalue weighted by molar-refractivity contribution is 0.146. The number of hydrogen-bond acceptors (Lipinski definition) is 1. The van der Waals surface area contributed by atoms with E-state index in [0.717, 1.165) is 30.9 Å². The third-order valence-corrected chi connectivity index (χ3v) is 2.97. The van der Waals surface area contributed by atoms with Crippen LogP contribution in [-0.4, -0.2) is 4.98 Å². The van der Waals surface area contributed by atoms with Crippen molar-refractivity contribution in [2.24, 2.45) is 0 Å². The Morgan fingerprint density at radius 3 is 2.72 bits per heavy atom. The molecule has 0 fully saturated rings. The molecule has 4 heteroatoms. The number of halogens is 2. The Balaban J connectivity index is 2.48. The highest BCUT2D eigenvalue weighted by atomic mass is 19.3. The number of pyridine rings is 1. The van der Waals surface area contributed by atoms with E-state index < -0.39 is 6.43 Å². The van der Waals surface area contributed by atoms with Crippen molar-refractivity contribution in [2.45, 2.75) is 32.6 Å². The first-order valence-electron chi connectivity index (χ1n) is 6.06. The average molecular weight is 251 g/mol. The predicted molar refractivity (Wildman–Crippen MR) is 68.1 cm³/mol.